The van der Waals surface area contributed by atoms with Crippen molar-refractivity contribution in [1.82, 2.24) is 0 Å². The minimum Gasteiger partial charge on any atom is -0.481 e. The van der Waals surface area contributed by atoms with Gasteiger partial charge in [0.05, 0.1) is 0 Å². The quantitative estimate of drug-likeness (QED) is 0.600. The molecule has 1 aromatic rings. The zero-order chi connectivity index (χ0) is 13.3. The molecule has 0 radical (unpaired) electrons. The van der Waals surface area contributed by atoms with Gasteiger partial charge in [-0.2, -0.15) is 13.2 Å². The second-order valence-electron chi connectivity index (χ2n) is 3.17. The summed E-state index contributed by atoms with van der Waals surface area (Å²) in [6, 6.07) is 1.06. The van der Waals surface area contributed by atoms with Crippen LogP contribution in [-0.2, 0) is 0 Å². The third-order valence-electron chi connectivity index (χ3n) is 1.72. The Hall–Kier alpha value is -1.41. The van der Waals surface area contributed by atoms with Gasteiger partial charge in [-0.3, -0.25) is 0 Å². The van der Waals surface area contributed by atoms with Crippen LogP contribution in [0, 0.1) is 5.82 Å². The van der Waals surface area contributed by atoms with E-state index in [9.17, 15) is 30.5 Å². The van der Waals surface area contributed by atoms with Crippen molar-refractivity contribution in [3.63, 3.8) is 0 Å². The molecule has 0 N–H and O–H groups in total. The van der Waals surface area contributed by atoms with Crippen molar-refractivity contribution >= 4 is 12.4 Å². The smallest absolute Gasteiger partial charge is 0.481 e. The highest BCUT2D eigenvalue weighted by Gasteiger charge is 2.30. The molecule has 1 rings (SSSR count). The number of benzene rings is 1. The van der Waals surface area contributed by atoms with Crippen LogP contribution in [0.15, 0.2) is 18.2 Å². The summed E-state index contributed by atoms with van der Waals surface area (Å²) in [4.78, 5) is 0. The number of ether oxygens (including phenoxy) is 1. The van der Waals surface area contributed by atoms with Gasteiger partial charge >= 0.3 is 13.2 Å². The van der Waals surface area contributed by atoms with E-state index < -0.39 is 36.8 Å². The van der Waals surface area contributed by atoms with Crippen molar-refractivity contribution < 1.29 is 35.2 Å². The highest BCUT2D eigenvalue weighted by molar-refractivity contribution is 6.73. The zero-order valence-corrected chi connectivity index (χ0v) is 8.07. The van der Waals surface area contributed by atoms with Crippen molar-refractivity contribution in [2.24, 2.45) is 0 Å². The first kappa shape index (κ1) is 13.7. The maximum Gasteiger partial charge on any atom is 0.509 e. The maximum atomic E-state index is 12.9. The van der Waals surface area contributed by atoms with Crippen LogP contribution < -0.4 is 10.2 Å². The fourth-order valence-electron chi connectivity index (χ4n) is 0.994. The molecule has 0 amide bonds. The second kappa shape index (κ2) is 4.46. The first-order valence-electron chi connectivity index (χ1n) is 4.28. The average molecular weight is 261 g/mol. The topological polar surface area (TPSA) is 9.23 Å². The van der Waals surface area contributed by atoms with Crippen LogP contribution in [-0.4, -0.2) is 19.8 Å². The summed E-state index contributed by atoms with van der Waals surface area (Å²) >= 11 is 0. The van der Waals surface area contributed by atoms with Crippen molar-refractivity contribution in [2.45, 2.75) is 6.18 Å². The Balaban J connectivity index is 2.92. The molecule has 0 spiro atoms. The molecular weight excluding hydrogens is 256 g/mol. The molecule has 0 bridgehead atoms. The van der Waals surface area contributed by atoms with Crippen LogP contribution >= 0.6 is 0 Å². The van der Waals surface area contributed by atoms with Crippen LogP contribution in [0.3, 0.4) is 0 Å². The molecule has 0 aliphatic rings. The summed E-state index contributed by atoms with van der Waals surface area (Å²) in [5, 5.41) is 0. The van der Waals surface area contributed by atoms with Crippen molar-refractivity contribution in [2.75, 3.05) is 6.61 Å². The lowest BCUT2D eigenvalue weighted by molar-refractivity contribution is -0.153. The summed E-state index contributed by atoms with van der Waals surface area (Å²) in [5.41, 5.74) is -1.22. The van der Waals surface area contributed by atoms with Gasteiger partial charge in [-0.15, -0.1) is 5.46 Å². The average Bonchev–Trinajstić information content (AvgIpc) is 2.13. The molecule has 1 nitrogen and oxygen atoms in total. The second-order valence-corrected chi connectivity index (χ2v) is 3.17. The Labute approximate surface area is 91.2 Å². The Morgan fingerprint density at radius 1 is 1.12 bits per heavy atom. The minimum atomic E-state index is -5.41. The normalized spacial score (nSPS) is 12.6. The molecule has 1 aromatic carbocycles. The van der Waals surface area contributed by atoms with E-state index in [4.69, 9.17) is 0 Å². The molecule has 0 fully saturated rings. The third kappa shape index (κ3) is 4.16. The summed E-state index contributed by atoms with van der Waals surface area (Å²) in [7, 11) is 0. The van der Waals surface area contributed by atoms with Crippen LogP contribution in [0.2, 0.25) is 0 Å². The van der Waals surface area contributed by atoms with Gasteiger partial charge in [0, 0.05) is 0 Å². The Kier molecular flexibility index (Phi) is 3.58. The largest absolute Gasteiger partial charge is 0.509 e. The van der Waals surface area contributed by atoms with Crippen molar-refractivity contribution in [1.29, 1.82) is 0 Å². The van der Waals surface area contributed by atoms with Gasteiger partial charge in [-0.1, -0.05) is 6.07 Å². The summed E-state index contributed by atoms with van der Waals surface area (Å²) in [6.07, 6.45) is -4.74. The van der Waals surface area contributed by atoms with Gasteiger partial charge in [0.2, 0.25) is 0 Å². The zero-order valence-electron chi connectivity index (χ0n) is 8.07. The lowest BCUT2D eigenvalue weighted by Gasteiger charge is -2.17. The lowest BCUT2D eigenvalue weighted by atomic mass is 9.80. The molecule has 96 valence electrons. The molecular formula is C8H5BF7O-. The fraction of sp³-hybridized carbons (Fsp3) is 0.250. The van der Waals surface area contributed by atoms with E-state index in [0.29, 0.717) is 12.1 Å². The van der Waals surface area contributed by atoms with Gasteiger partial charge < -0.3 is 17.7 Å². The molecule has 0 aromatic heterocycles. The predicted octanol–water partition coefficient (Wildman–Crippen LogP) is 2.82. The van der Waals surface area contributed by atoms with E-state index in [-0.39, 0.29) is 6.07 Å². The standard InChI is InChI=1S/C8H5BF7O/c10-6-2-1-5(9(14,15)16)3-7(6)17-4-8(11,12)13/h1-3H,4H2/q-1. The number of hydrogen-bond acceptors (Lipinski definition) is 1. The van der Waals surface area contributed by atoms with Crippen molar-refractivity contribution in [3.8, 4) is 5.75 Å². The van der Waals surface area contributed by atoms with Crippen LogP contribution in [0.25, 0.3) is 0 Å². The molecule has 0 saturated heterocycles. The van der Waals surface area contributed by atoms with Crippen LogP contribution in [0.5, 0.6) is 5.75 Å². The summed E-state index contributed by atoms with van der Waals surface area (Å²) < 4.78 is 88.8. The number of halogens is 7. The third-order valence-corrected chi connectivity index (χ3v) is 1.72. The molecule has 0 aliphatic heterocycles. The molecule has 0 unspecified atom stereocenters. The first-order valence-corrected chi connectivity index (χ1v) is 4.28. The highest BCUT2D eigenvalue weighted by atomic mass is 19.4. The summed E-state index contributed by atoms with van der Waals surface area (Å²) in [6.45, 7) is -7.26. The molecule has 9 heteroatoms. The van der Waals surface area contributed by atoms with Crippen LogP contribution in [0.1, 0.15) is 0 Å². The van der Waals surface area contributed by atoms with E-state index in [1.807, 2.05) is 0 Å². The van der Waals surface area contributed by atoms with Gasteiger partial charge in [0.25, 0.3) is 0 Å². The minimum absolute atomic E-state index is 0.209. The Morgan fingerprint density at radius 3 is 2.18 bits per heavy atom. The highest BCUT2D eigenvalue weighted by Crippen LogP contribution is 2.22. The van der Waals surface area contributed by atoms with Crippen LogP contribution in [0.4, 0.5) is 30.5 Å². The van der Waals surface area contributed by atoms with Crippen molar-refractivity contribution in [3.05, 3.63) is 24.0 Å². The Morgan fingerprint density at radius 2 is 1.71 bits per heavy atom. The van der Waals surface area contributed by atoms with E-state index in [0.717, 1.165) is 0 Å². The van der Waals surface area contributed by atoms with E-state index >= 15 is 0 Å². The fourth-order valence-corrected chi connectivity index (χ4v) is 0.994. The summed E-state index contributed by atoms with van der Waals surface area (Å²) in [5.74, 6) is -2.35. The van der Waals surface area contributed by atoms with Gasteiger partial charge in [-0.25, -0.2) is 4.39 Å². The monoisotopic (exact) mass is 261 g/mol. The number of rotatable bonds is 3. The van der Waals surface area contributed by atoms with Gasteiger partial charge in [0.15, 0.2) is 18.2 Å². The van der Waals surface area contributed by atoms with E-state index in [1.54, 1.807) is 0 Å². The van der Waals surface area contributed by atoms with Gasteiger partial charge in [-0.05, 0) is 12.1 Å². The predicted molar refractivity (Wildman–Crippen MR) is 46.7 cm³/mol. The molecule has 17 heavy (non-hydrogen) atoms. The Bertz CT molecular complexity index is 398. The SMILES string of the molecule is Fc1ccc([B-](F)(F)F)cc1OCC(F)(F)F. The van der Waals surface area contributed by atoms with E-state index in [1.165, 1.54) is 0 Å². The molecule has 0 heterocycles. The van der Waals surface area contributed by atoms with Gasteiger partial charge in [0.1, 0.15) is 0 Å². The number of hydrogen-bond donors (Lipinski definition) is 0. The van der Waals surface area contributed by atoms with E-state index in [2.05, 4.69) is 4.74 Å². The maximum absolute atomic E-state index is 12.9. The molecule has 0 atom stereocenters. The number of alkyl halides is 3. The molecule has 0 saturated carbocycles. The lowest BCUT2D eigenvalue weighted by Crippen LogP contribution is -2.34. The first-order chi connectivity index (χ1) is 7.59. The molecule has 0 aliphatic carbocycles.